The predicted octanol–water partition coefficient (Wildman–Crippen LogP) is 4.40. The van der Waals surface area contributed by atoms with Crippen molar-refractivity contribution in [2.24, 2.45) is 5.16 Å². The van der Waals surface area contributed by atoms with E-state index >= 15 is 0 Å². The van der Waals surface area contributed by atoms with Crippen LogP contribution in [0.25, 0.3) is 0 Å². The summed E-state index contributed by atoms with van der Waals surface area (Å²) in [5, 5.41) is 4.42. The highest BCUT2D eigenvalue weighted by Gasteiger charge is 2.33. The Labute approximate surface area is 180 Å². The van der Waals surface area contributed by atoms with Crippen LogP contribution >= 0.6 is 0 Å². The summed E-state index contributed by atoms with van der Waals surface area (Å²) >= 11 is 0. The molecule has 0 aromatic heterocycles. The Kier molecular flexibility index (Phi) is 5.14. The summed E-state index contributed by atoms with van der Waals surface area (Å²) in [6.07, 6.45) is -0.346. The van der Waals surface area contributed by atoms with Crippen molar-refractivity contribution in [3.05, 3.63) is 106 Å². The lowest BCUT2D eigenvalue weighted by Gasteiger charge is -2.26. The Balaban J connectivity index is 1.48. The van der Waals surface area contributed by atoms with E-state index < -0.39 is 0 Å². The van der Waals surface area contributed by atoms with Crippen LogP contribution in [-0.2, 0) is 34.1 Å². The fourth-order valence-corrected chi connectivity index (χ4v) is 3.94. The zero-order chi connectivity index (χ0) is 21.2. The van der Waals surface area contributed by atoms with E-state index in [9.17, 15) is 4.79 Å². The number of methoxy groups -OCH3 is 1. The SMILES string of the molecule is COC(=O)c1ccc(C2=NOC(c3ccc4c(c3)COC4)N2Cc2ccccc2)cc1. The summed E-state index contributed by atoms with van der Waals surface area (Å²) in [5.74, 6) is 0.359. The molecule has 3 aromatic rings. The monoisotopic (exact) mass is 414 g/mol. The van der Waals surface area contributed by atoms with E-state index in [1.807, 2.05) is 30.3 Å². The van der Waals surface area contributed by atoms with Crippen LogP contribution in [-0.4, -0.2) is 23.8 Å². The Morgan fingerprint density at radius 1 is 1.03 bits per heavy atom. The van der Waals surface area contributed by atoms with Gasteiger partial charge in [-0.25, -0.2) is 4.79 Å². The van der Waals surface area contributed by atoms with Gasteiger partial charge in [0, 0.05) is 17.7 Å². The molecule has 0 radical (unpaired) electrons. The molecule has 2 aliphatic heterocycles. The summed E-state index contributed by atoms with van der Waals surface area (Å²) in [6.45, 7) is 1.91. The molecule has 6 nitrogen and oxygen atoms in total. The number of ether oxygens (including phenoxy) is 2. The fourth-order valence-electron chi connectivity index (χ4n) is 3.94. The van der Waals surface area contributed by atoms with Crippen LogP contribution in [0.2, 0.25) is 0 Å². The van der Waals surface area contributed by atoms with Crippen molar-refractivity contribution in [2.75, 3.05) is 7.11 Å². The van der Waals surface area contributed by atoms with E-state index in [0.29, 0.717) is 25.3 Å². The topological polar surface area (TPSA) is 60.4 Å². The van der Waals surface area contributed by atoms with Gasteiger partial charge in [0.1, 0.15) is 0 Å². The van der Waals surface area contributed by atoms with Crippen LogP contribution in [0.3, 0.4) is 0 Å². The Morgan fingerprint density at radius 2 is 1.81 bits per heavy atom. The smallest absolute Gasteiger partial charge is 0.337 e. The third kappa shape index (κ3) is 3.78. The van der Waals surface area contributed by atoms with E-state index in [-0.39, 0.29) is 12.2 Å². The number of oxime groups is 1. The number of carbonyl (C=O) groups is 1. The van der Waals surface area contributed by atoms with Gasteiger partial charge in [0.15, 0.2) is 5.84 Å². The van der Waals surface area contributed by atoms with Crippen LogP contribution in [0.1, 0.15) is 44.4 Å². The highest BCUT2D eigenvalue weighted by molar-refractivity contribution is 6.00. The van der Waals surface area contributed by atoms with Crippen LogP contribution in [0.15, 0.2) is 78.0 Å². The molecule has 0 saturated carbocycles. The molecule has 0 bridgehead atoms. The molecular weight excluding hydrogens is 392 g/mol. The normalized spacial score (nSPS) is 17.1. The van der Waals surface area contributed by atoms with Crippen molar-refractivity contribution in [1.29, 1.82) is 0 Å². The number of benzene rings is 3. The molecule has 2 heterocycles. The number of hydrogen-bond acceptors (Lipinski definition) is 6. The molecular formula is C25H22N2O4. The van der Waals surface area contributed by atoms with Crippen LogP contribution in [0, 0.1) is 0 Å². The molecule has 1 atom stereocenters. The molecule has 0 N–H and O–H groups in total. The first-order valence-corrected chi connectivity index (χ1v) is 10.2. The molecule has 0 fully saturated rings. The van der Waals surface area contributed by atoms with Crippen molar-refractivity contribution in [2.45, 2.75) is 26.0 Å². The molecule has 156 valence electrons. The summed E-state index contributed by atoms with van der Waals surface area (Å²) in [6, 6.07) is 23.8. The van der Waals surface area contributed by atoms with Gasteiger partial charge in [0.25, 0.3) is 0 Å². The highest BCUT2D eigenvalue weighted by atomic mass is 16.7. The number of nitrogens with zero attached hydrogens (tertiary/aromatic N) is 2. The average Bonchev–Trinajstić information content (AvgIpc) is 3.46. The van der Waals surface area contributed by atoms with E-state index in [0.717, 1.165) is 22.5 Å². The van der Waals surface area contributed by atoms with Crippen molar-refractivity contribution in [3.63, 3.8) is 0 Å². The first kappa shape index (κ1) is 19.3. The minimum Gasteiger partial charge on any atom is -0.465 e. The zero-order valence-electron chi connectivity index (χ0n) is 17.2. The second-order valence-electron chi connectivity index (χ2n) is 7.58. The molecule has 0 spiro atoms. The second-order valence-corrected chi connectivity index (χ2v) is 7.58. The lowest BCUT2D eigenvalue weighted by Crippen LogP contribution is -2.31. The van der Waals surface area contributed by atoms with Gasteiger partial charge in [-0.1, -0.05) is 59.8 Å². The lowest BCUT2D eigenvalue weighted by atomic mass is 10.0. The van der Waals surface area contributed by atoms with E-state index in [2.05, 4.69) is 40.4 Å². The maximum absolute atomic E-state index is 11.8. The van der Waals surface area contributed by atoms with Crippen LogP contribution < -0.4 is 0 Å². The molecule has 0 amide bonds. The zero-order valence-corrected chi connectivity index (χ0v) is 17.2. The number of hydrogen-bond donors (Lipinski definition) is 0. The third-order valence-electron chi connectivity index (χ3n) is 5.58. The Morgan fingerprint density at radius 3 is 2.58 bits per heavy atom. The summed E-state index contributed by atoms with van der Waals surface area (Å²) in [7, 11) is 1.37. The molecule has 2 aliphatic rings. The van der Waals surface area contributed by atoms with Gasteiger partial charge in [-0.3, -0.25) is 0 Å². The number of amidine groups is 1. The molecule has 6 heteroatoms. The summed E-state index contributed by atoms with van der Waals surface area (Å²) in [5.41, 5.74) is 5.96. The molecule has 3 aromatic carbocycles. The van der Waals surface area contributed by atoms with Gasteiger partial charge in [0.05, 0.1) is 25.9 Å². The van der Waals surface area contributed by atoms with Crippen molar-refractivity contribution >= 4 is 11.8 Å². The maximum atomic E-state index is 11.8. The van der Waals surface area contributed by atoms with Gasteiger partial charge < -0.3 is 19.2 Å². The molecule has 31 heavy (non-hydrogen) atoms. The third-order valence-corrected chi connectivity index (χ3v) is 5.58. The molecule has 1 unspecified atom stereocenters. The number of rotatable bonds is 5. The van der Waals surface area contributed by atoms with Crippen molar-refractivity contribution in [1.82, 2.24) is 4.90 Å². The summed E-state index contributed by atoms with van der Waals surface area (Å²) in [4.78, 5) is 19.9. The van der Waals surface area contributed by atoms with Gasteiger partial charge in [-0.15, -0.1) is 0 Å². The molecule has 5 rings (SSSR count). The molecule has 0 saturated heterocycles. The van der Waals surface area contributed by atoms with Crippen molar-refractivity contribution < 1.29 is 19.1 Å². The predicted molar refractivity (Wildman–Crippen MR) is 115 cm³/mol. The van der Waals surface area contributed by atoms with E-state index in [1.165, 1.54) is 18.2 Å². The largest absolute Gasteiger partial charge is 0.465 e. The fraction of sp³-hybridized carbons (Fsp3) is 0.200. The minimum absolute atomic E-state index is 0.346. The second kappa shape index (κ2) is 8.24. The lowest BCUT2D eigenvalue weighted by molar-refractivity contribution is 0.00576. The molecule has 0 aliphatic carbocycles. The van der Waals surface area contributed by atoms with Crippen LogP contribution in [0.5, 0.6) is 0 Å². The van der Waals surface area contributed by atoms with Gasteiger partial charge in [0.2, 0.25) is 6.23 Å². The maximum Gasteiger partial charge on any atom is 0.337 e. The quantitative estimate of drug-likeness (QED) is 0.580. The standard InChI is InChI=1S/C25H22N2O4/c1-29-25(28)19-9-7-18(8-10-19)23-26-31-24(27(23)14-17-5-3-2-4-6-17)20-11-12-21-15-30-16-22(21)13-20/h2-13,24H,14-16H2,1H3. The highest BCUT2D eigenvalue weighted by Crippen LogP contribution is 2.34. The van der Waals surface area contributed by atoms with Gasteiger partial charge >= 0.3 is 5.97 Å². The van der Waals surface area contributed by atoms with E-state index in [4.69, 9.17) is 14.3 Å². The van der Waals surface area contributed by atoms with Gasteiger partial charge in [-0.05, 0) is 34.9 Å². The van der Waals surface area contributed by atoms with Crippen LogP contribution in [0.4, 0.5) is 0 Å². The first-order valence-electron chi connectivity index (χ1n) is 10.2. The number of esters is 1. The minimum atomic E-state index is -0.365. The Hall–Kier alpha value is -3.64. The summed E-state index contributed by atoms with van der Waals surface area (Å²) < 4.78 is 10.4. The number of carbonyl (C=O) groups excluding carboxylic acids is 1. The van der Waals surface area contributed by atoms with Crippen molar-refractivity contribution in [3.8, 4) is 0 Å². The number of fused-ring (bicyclic) bond motifs is 1. The Bertz CT molecular complexity index is 1130. The van der Waals surface area contributed by atoms with Gasteiger partial charge in [-0.2, -0.15) is 0 Å². The first-order chi connectivity index (χ1) is 15.2. The average molecular weight is 414 g/mol. The van der Waals surface area contributed by atoms with E-state index in [1.54, 1.807) is 12.1 Å².